The molecule has 0 atom stereocenters. The molecule has 1 fully saturated rings. The van der Waals surface area contributed by atoms with Crippen molar-refractivity contribution in [1.29, 1.82) is 0 Å². The Balaban J connectivity index is 1.36. The summed E-state index contributed by atoms with van der Waals surface area (Å²) in [7, 11) is 0. The number of piperidine rings is 1. The van der Waals surface area contributed by atoms with Crippen molar-refractivity contribution in [2.24, 2.45) is 5.92 Å². The lowest BCUT2D eigenvalue weighted by molar-refractivity contribution is -0.137. The van der Waals surface area contributed by atoms with Crippen molar-refractivity contribution >= 4 is 17.3 Å². The predicted octanol–water partition coefficient (Wildman–Crippen LogP) is 5.73. The molecule has 1 aliphatic rings. The van der Waals surface area contributed by atoms with Gasteiger partial charge in [0.05, 0.1) is 16.9 Å². The second-order valence-corrected chi connectivity index (χ2v) is 8.27. The number of carbonyl (C=O) groups excluding carboxylic acids is 1. The van der Waals surface area contributed by atoms with Crippen molar-refractivity contribution in [2.45, 2.75) is 45.2 Å². The zero-order chi connectivity index (χ0) is 22.4. The normalized spacial score (nSPS) is 15.2. The van der Waals surface area contributed by atoms with Gasteiger partial charge in [-0.2, -0.15) is 13.2 Å². The van der Waals surface area contributed by atoms with Crippen LogP contribution >= 0.6 is 0 Å². The van der Waals surface area contributed by atoms with E-state index in [1.165, 1.54) is 12.1 Å². The largest absolute Gasteiger partial charge is 0.416 e. The number of nitrogens with one attached hydrogen (secondary N) is 1. The minimum absolute atomic E-state index is 0.188. The Hall–Kier alpha value is -2.70. The molecule has 1 saturated heterocycles. The number of unbranched alkanes of at least 4 members (excludes halogenated alkanes) is 1. The fraction of sp³-hybridized carbons (Fsp3) is 0.458. The summed E-state index contributed by atoms with van der Waals surface area (Å²) in [6, 6.07) is 10.5. The molecule has 0 spiro atoms. The first kappa shape index (κ1) is 23.0. The standard InChI is InChI=1S/C24H30F3N3O/c1-17-5-4-7-21(22(17)28)29-14-3-2-6-18-12-15-30(16-13-18)23(31)19-8-10-20(11-9-19)24(25,26)27/h4-5,7-11,18,29H,2-3,6,12-16,28H2,1H3. The maximum atomic E-state index is 12.7. The van der Waals surface area contributed by atoms with Crippen LogP contribution in [0.15, 0.2) is 42.5 Å². The first-order valence-corrected chi connectivity index (χ1v) is 10.8. The van der Waals surface area contributed by atoms with Crippen LogP contribution in [0.5, 0.6) is 0 Å². The predicted molar refractivity (Wildman–Crippen MR) is 118 cm³/mol. The van der Waals surface area contributed by atoms with Crippen LogP contribution in [-0.2, 0) is 6.18 Å². The third-order valence-electron chi connectivity index (χ3n) is 6.04. The Bertz CT molecular complexity index is 873. The second-order valence-electron chi connectivity index (χ2n) is 8.27. The maximum absolute atomic E-state index is 12.7. The van der Waals surface area contributed by atoms with E-state index in [2.05, 4.69) is 5.32 Å². The molecule has 0 bridgehead atoms. The fourth-order valence-electron chi connectivity index (χ4n) is 4.02. The SMILES string of the molecule is Cc1cccc(NCCCCC2CCN(C(=O)c3ccc(C(F)(F)F)cc3)CC2)c1N. The molecule has 1 aliphatic heterocycles. The summed E-state index contributed by atoms with van der Waals surface area (Å²) >= 11 is 0. The van der Waals surface area contributed by atoms with E-state index in [1.807, 2.05) is 25.1 Å². The molecule has 2 aromatic rings. The molecule has 4 nitrogen and oxygen atoms in total. The molecule has 7 heteroatoms. The van der Waals surface area contributed by atoms with Crippen LogP contribution in [-0.4, -0.2) is 30.4 Å². The molecular formula is C24H30F3N3O. The van der Waals surface area contributed by atoms with Crippen LogP contribution in [0.2, 0.25) is 0 Å². The first-order chi connectivity index (χ1) is 14.8. The molecule has 0 aromatic heterocycles. The van der Waals surface area contributed by atoms with Gasteiger partial charge in [-0.15, -0.1) is 0 Å². The van der Waals surface area contributed by atoms with Crippen LogP contribution in [0.25, 0.3) is 0 Å². The van der Waals surface area contributed by atoms with E-state index in [1.54, 1.807) is 4.90 Å². The topological polar surface area (TPSA) is 58.4 Å². The van der Waals surface area contributed by atoms with Crippen molar-refractivity contribution in [2.75, 3.05) is 30.7 Å². The number of nitrogen functional groups attached to an aromatic ring is 1. The highest BCUT2D eigenvalue weighted by molar-refractivity contribution is 5.94. The number of likely N-dealkylation sites (tertiary alicyclic amines) is 1. The van der Waals surface area contributed by atoms with E-state index in [4.69, 9.17) is 5.73 Å². The van der Waals surface area contributed by atoms with Gasteiger partial charge in [-0.3, -0.25) is 4.79 Å². The minimum Gasteiger partial charge on any atom is -0.397 e. The van der Waals surface area contributed by atoms with Gasteiger partial charge in [0.25, 0.3) is 5.91 Å². The summed E-state index contributed by atoms with van der Waals surface area (Å²) in [6.45, 7) is 4.18. The number of nitrogens with zero attached hydrogens (tertiary/aromatic N) is 1. The zero-order valence-electron chi connectivity index (χ0n) is 17.8. The highest BCUT2D eigenvalue weighted by Crippen LogP contribution is 2.30. The summed E-state index contributed by atoms with van der Waals surface area (Å²) in [5.74, 6) is 0.396. The highest BCUT2D eigenvalue weighted by Gasteiger charge is 2.30. The van der Waals surface area contributed by atoms with E-state index in [0.29, 0.717) is 24.6 Å². The van der Waals surface area contributed by atoms with E-state index in [9.17, 15) is 18.0 Å². The van der Waals surface area contributed by atoms with Crippen LogP contribution < -0.4 is 11.1 Å². The number of nitrogens with two attached hydrogens (primary N) is 1. The lowest BCUT2D eigenvalue weighted by atomic mass is 9.91. The Morgan fingerprint density at radius 3 is 2.42 bits per heavy atom. The summed E-state index contributed by atoms with van der Waals surface area (Å²) in [5.41, 5.74) is 8.51. The van der Waals surface area contributed by atoms with Gasteiger partial charge in [0.1, 0.15) is 0 Å². The molecule has 0 aliphatic carbocycles. The van der Waals surface area contributed by atoms with Gasteiger partial charge >= 0.3 is 6.18 Å². The molecule has 0 saturated carbocycles. The third kappa shape index (κ3) is 6.15. The van der Waals surface area contributed by atoms with Crippen LogP contribution in [0.4, 0.5) is 24.5 Å². The van der Waals surface area contributed by atoms with Crippen molar-refractivity contribution < 1.29 is 18.0 Å². The summed E-state index contributed by atoms with van der Waals surface area (Å²) in [5, 5.41) is 3.40. The first-order valence-electron chi connectivity index (χ1n) is 10.8. The number of rotatable bonds is 7. The Morgan fingerprint density at radius 1 is 1.10 bits per heavy atom. The number of benzene rings is 2. The molecule has 168 valence electrons. The van der Waals surface area contributed by atoms with Gasteiger partial charge in [-0.1, -0.05) is 25.0 Å². The van der Waals surface area contributed by atoms with Crippen LogP contribution in [0, 0.1) is 12.8 Å². The van der Waals surface area contributed by atoms with Gasteiger partial charge in [-0.05, 0) is 68.0 Å². The second kappa shape index (κ2) is 10.1. The van der Waals surface area contributed by atoms with E-state index >= 15 is 0 Å². The van der Waals surface area contributed by atoms with E-state index in [-0.39, 0.29) is 5.91 Å². The number of aryl methyl sites for hydroxylation is 1. The van der Waals surface area contributed by atoms with Gasteiger partial charge in [0.2, 0.25) is 0 Å². The number of carbonyl (C=O) groups is 1. The molecular weight excluding hydrogens is 403 g/mol. The summed E-state index contributed by atoms with van der Waals surface area (Å²) in [6.07, 6.45) is 0.763. The Labute approximate surface area is 181 Å². The molecule has 3 N–H and O–H groups in total. The van der Waals surface area contributed by atoms with Crippen molar-refractivity contribution in [3.8, 4) is 0 Å². The average molecular weight is 434 g/mol. The van der Waals surface area contributed by atoms with E-state index < -0.39 is 11.7 Å². The molecule has 0 unspecified atom stereocenters. The monoisotopic (exact) mass is 433 g/mol. The molecule has 3 rings (SSSR count). The highest BCUT2D eigenvalue weighted by atomic mass is 19.4. The maximum Gasteiger partial charge on any atom is 0.416 e. The van der Waals surface area contributed by atoms with Gasteiger partial charge in [0, 0.05) is 25.2 Å². The lowest BCUT2D eigenvalue weighted by Gasteiger charge is -2.32. The number of anilines is 2. The Morgan fingerprint density at radius 2 is 1.77 bits per heavy atom. The minimum atomic E-state index is -4.39. The fourth-order valence-corrected chi connectivity index (χ4v) is 4.02. The van der Waals surface area contributed by atoms with Crippen molar-refractivity contribution in [3.05, 3.63) is 59.2 Å². The number of halogens is 3. The summed E-state index contributed by atoms with van der Waals surface area (Å²) in [4.78, 5) is 14.3. The van der Waals surface area contributed by atoms with Crippen molar-refractivity contribution in [1.82, 2.24) is 4.90 Å². The van der Waals surface area contributed by atoms with Crippen LogP contribution in [0.3, 0.4) is 0 Å². The quantitative estimate of drug-likeness (QED) is 0.433. The molecule has 2 aromatic carbocycles. The Kier molecular flexibility index (Phi) is 7.46. The van der Waals surface area contributed by atoms with E-state index in [0.717, 1.165) is 67.7 Å². The van der Waals surface area contributed by atoms with Crippen molar-refractivity contribution in [3.63, 3.8) is 0 Å². The number of hydrogen-bond acceptors (Lipinski definition) is 3. The number of hydrogen-bond donors (Lipinski definition) is 2. The average Bonchev–Trinajstić information content (AvgIpc) is 2.76. The molecule has 31 heavy (non-hydrogen) atoms. The third-order valence-corrected chi connectivity index (χ3v) is 6.04. The molecule has 1 heterocycles. The lowest BCUT2D eigenvalue weighted by Crippen LogP contribution is -2.38. The number of alkyl halides is 3. The van der Waals surface area contributed by atoms with Gasteiger partial charge in [0.15, 0.2) is 0 Å². The van der Waals surface area contributed by atoms with Gasteiger partial charge < -0.3 is 16.0 Å². The van der Waals surface area contributed by atoms with Gasteiger partial charge in [-0.25, -0.2) is 0 Å². The number of para-hydroxylation sites is 1. The summed E-state index contributed by atoms with van der Waals surface area (Å²) < 4.78 is 38.1. The zero-order valence-corrected chi connectivity index (χ0v) is 17.8. The number of amides is 1. The molecule has 1 amide bonds. The van der Waals surface area contributed by atoms with Crippen LogP contribution in [0.1, 0.15) is 53.6 Å². The molecule has 0 radical (unpaired) electrons. The smallest absolute Gasteiger partial charge is 0.397 e.